The lowest BCUT2D eigenvalue weighted by Crippen LogP contribution is -2.39. The fourth-order valence-corrected chi connectivity index (χ4v) is 4.73. The fraction of sp³-hybridized carbons (Fsp3) is 0.235. The number of fused-ring (bicyclic) bond motifs is 2. The maximum atomic E-state index is 13.1. The molecule has 0 saturated carbocycles. The first-order chi connectivity index (χ1) is 12.0. The predicted molar refractivity (Wildman–Crippen MR) is 92.6 cm³/mol. The Balaban J connectivity index is 1.80. The van der Waals surface area contributed by atoms with E-state index in [9.17, 15) is 13.2 Å². The number of nitrogens with zero attached hydrogens (tertiary/aromatic N) is 3. The molecule has 1 aliphatic heterocycles. The molecule has 0 radical (unpaired) electrons. The normalized spacial score (nSPS) is 15.2. The molecule has 2 aromatic heterocycles. The Morgan fingerprint density at radius 1 is 1.20 bits per heavy atom. The van der Waals surface area contributed by atoms with Crippen LogP contribution in [-0.4, -0.2) is 34.2 Å². The summed E-state index contributed by atoms with van der Waals surface area (Å²) in [5.41, 5.74) is 1.24. The third-order valence-electron chi connectivity index (χ3n) is 4.37. The Hall–Kier alpha value is -2.58. The van der Waals surface area contributed by atoms with Gasteiger partial charge < -0.3 is 4.98 Å². The topological polar surface area (TPSA) is 96.0 Å². The lowest BCUT2D eigenvalue weighted by atomic mass is 10.1. The SMILES string of the molecule is Cc1nc2c(c(=O)[nH]1)CN(S(=O)(=O)c1cccc3cccnc13)CC2. The smallest absolute Gasteiger partial charge is 0.255 e. The van der Waals surface area contributed by atoms with E-state index >= 15 is 0 Å². The Bertz CT molecular complexity index is 1130. The second kappa shape index (κ2) is 5.75. The van der Waals surface area contributed by atoms with Crippen LogP contribution in [0.3, 0.4) is 0 Å². The first kappa shape index (κ1) is 15.9. The number of hydrogen-bond donors (Lipinski definition) is 1. The van der Waals surface area contributed by atoms with Crippen LogP contribution in [0, 0.1) is 6.92 Å². The molecule has 3 aromatic rings. The zero-order valence-electron chi connectivity index (χ0n) is 13.6. The van der Waals surface area contributed by atoms with E-state index in [-0.39, 0.29) is 23.5 Å². The molecule has 0 fully saturated rings. The number of aromatic nitrogens is 3. The molecule has 0 spiro atoms. The number of aryl methyl sites for hydroxylation is 1. The van der Waals surface area contributed by atoms with E-state index in [4.69, 9.17) is 0 Å². The lowest BCUT2D eigenvalue weighted by molar-refractivity contribution is 0.385. The van der Waals surface area contributed by atoms with Crippen molar-refractivity contribution < 1.29 is 8.42 Å². The second-order valence-electron chi connectivity index (χ2n) is 6.00. The van der Waals surface area contributed by atoms with Gasteiger partial charge in [0.05, 0.1) is 16.8 Å². The van der Waals surface area contributed by atoms with Crippen LogP contribution in [0.25, 0.3) is 10.9 Å². The molecule has 1 aliphatic rings. The van der Waals surface area contributed by atoms with Crippen LogP contribution >= 0.6 is 0 Å². The predicted octanol–water partition coefficient (Wildman–Crippen LogP) is 1.37. The van der Waals surface area contributed by atoms with Gasteiger partial charge in [0.1, 0.15) is 10.7 Å². The van der Waals surface area contributed by atoms with Crippen LogP contribution in [0.2, 0.25) is 0 Å². The summed E-state index contributed by atoms with van der Waals surface area (Å²) < 4.78 is 27.6. The first-order valence-electron chi connectivity index (χ1n) is 7.89. The van der Waals surface area contributed by atoms with Crippen LogP contribution in [0.1, 0.15) is 17.1 Å². The largest absolute Gasteiger partial charge is 0.310 e. The molecular weight excluding hydrogens is 340 g/mol. The Morgan fingerprint density at radius 3 is 2.84 bits per heavy atom. The Morgan fingerprint density at radius 2 is 2.00 bits per heavy atom. The van der Waals surface area contributed by atoms with Gasteiger partial charge in [0, 0.05) is 31.1 Å². The van der Waals surface area contributed by atoms with Gasteiger partial charge in [0.25, 0.3) is 5.56 Å². The number of H-pyrrole nitrogens is 1. The second-order valence-corrected chi connectivity index (χ2v) is 7.90. The number of pyridine rings is 1. The summed E-state index contributed by atoms with van der Waals surface area (Å²) in [5, 5.41) is 0.760. The van der Waals surface area contributed by atoms with Crippen LogP contribution < -0.4 is 5.56 Å². The number of para-hydroxylation sites is 1. The van der Waals surface area contributed by atoms with E-state index in [1.54, 1.807) is 31.3 Å². The highest BCUT2D eigenvalue weighted by Gasteiger charge is 2.31. The van der Waals surface area contributed by atoms with Crippen molar-refractivity contribution in [1.29, 1.82) is 0 Å². The van der Waals surface area contributed by atoms with Gasteiger partial charge in [-0.2, -0.15) is 4.31 Å². The summed E-state index contributed by atoms with van der Waals surface area (Å²) in [6.07, 6.45) is 1.99. The molecule has 0 aliphatic carbocycles. The van der Waals surface area contributed by atoms with Gasteiger partial charge >= 0.3 is 0 Å². The number of nitrogens with one attached hydrogen (secondary N) is 1. The third kappa shape index (κ3) is 2.63. The maximum absolute atomic E-state index is 13.1. The summed E-state index contributed by atoms with van der Waals surface area (Å²) in [4.78, 5) is 23.5. The number of aromatic amines is 1. The Labute approximate surface area is 144 Å². The first-order valence-corrected chi connectivity index (χ1v) is 9.33. The molecule has 0 bridgehead atoms. The number of rotatable bonds is 2. The van der Waals surface area contributed by atoms with Crippen molar-refractivity contribution in [3.8, 4) is 0 Å². The van der Waals surface area contributed by atoms with Crippen molar-refractivity contribution in [3.05, 3.63) is 64.0 Å². The van der Waals surface area contributed by atoms with Gasteiger partial charge in [-0.25, -0.2) is 13.4 Å². The van der Waals surface area contributed by atoms with Crippen LogP contribution in [0.15, 0.2) is 46.2 Å². The van der Waals surface area contributed by atoms with Crippen molar-refractivity contribution in [2.24, 2.45) is 0 Å². The van der Waals surface area contributed by atoms with E-state index in [1.807, 2.05) is 12.1 Å². The zero-order chi connectivity index (χ0) is 17.6. The van der Waals surface area contributed by atoms with Gasteiger partial charge in [-0.3, -0.25) is 9.78 Å². The van der Waals surface area contributed by atoms with Crippen molar-refractivity contribution >= 4 is 20.9 Å². The average Bonchev–Trinajstić information content (AvgIpc) is 2.60. The zero-order valence-corrected chi connectivity index (χ0v) is 14.4. The van der Waals surface area contributed by atoms with E-state index in [1.165, 1.54) is 4.31 Å². The molecule has 7 nitrogen and oxygen atoms in total. The maximum Gasteiger partial charge on any atom is 0.255 e. The molecule has 4 rings (SSSR count). The molecule has 25 heavy (non-hydrogen) atoms. The van der Waals surface area contributed by atoms with Crippen molar-refractivity contribution in [2.45, 2.75) is 24.8 Å². The summed E-state index contributed by atoms with van der Waals surface area (Å²) in [7, 11) is -3.77. The third-order valence-corrected chi connectivity index (χ3v) is 6.24. The monoisotopic (exact) mass is 356 g/mol. The number of sulfonamides is 1. The lowest BCUT2D eigenvalue weighted by Gasteiger charge is -2.27. The van der Waals surface area contributed by atoms with E-state index in [2.05, 4.69) is 15.0 Å². The molecule has 0 unspecified atom stereocenters. The summed E-state index contributed by atoms with van der Waals surface area (Å²) >= 11 is 0. The van der Waals surface area contributed by atoms with E-state index in [0.717, 1.165) is 5.39 Å². The van der Waals surface area contributed by atoms with E-state index in [0.29, 0.717) is 29.0 Å². The van der Waals surface area contributed by atoms with Crippen LogP contribution in [0.5, 0.6) is 0 Å². The van der Waals surface area contributed by atoms with Gasteiger partial charge in [-0.05, 0) is 19.1 Å². The van der Waals surface area contributed by atoms with E-state index < -0.39 is 10.0 Å². The van der Waals surface area contributed by atoms with Gasteiger partial charge in [-0.1, -0.05) is 18.2 Å². The van der Waals surface area contributed by atoms with Gasteiger partial charge in [0.2, 0.25) is 10.0 Å². The molecule has 0 atom stereocenters. The average molecular weight is 356 g/mol. The molecular formula is C17H16N4O3S. The minimum Gasteiger partial charge on any atom is -0.310 e. The standard InChI is InChI=1S/C17H16N4O3S/c1-11-19-14-7-9-21(10-13(14)17(22)20-11)25(23,24)15-6-2-4-12-5-3-8-18-16(12)15/h2-6,8H,7,9-10H2,1H3,(H,19,20,22). The number of hydrogen-bond acceptors (Lipinski definition) is 5. The van der Waals surface area contributed by atoms with Crippen molar-refractivity contribution in [3.63, 3.8) is 0 Å². The number of benzene rings is 1. The molecule has 8 heteroatoms. The van der Waals surface area contributed by atoms with Crippen molar-refractivity contribution in [2.75, 3.05) is 6.54 Å². The highest BCUT2D eigenvalue weighted by molar-refractivity contribution is 7.89. The van der Waals surface area contributed by atoms with Gasteiger partial charge in [0.15, 0.2) is 0 Å². The fourth-order valence-electron chi connectivity index (χ4n) is 3.15. The molecule has 3 heterocycles. The molecule has 1 aromatic carbocycles. The molecule has 128 valence electrons. The highest BCUT2D eigenvalue weighted by Crippen LogP contribution is 2.27. The van der Waals surface area contributed by atoms with Crippen LogP contribution in [-0.2, 0) is 23.0 Å². The molecule has 1 N–H and O–H groups in total. The Kier molecular flexibility index (Phi) is 3.66. The van der Waals surface area contributed by atoms with Crippen molar-refractivity contribution in [1.82, 2.24) is 19.3 Å². The summed E-state index contributed by atoms with van der Waals surface area (Å²) in [6.45, 7) is 2.02. The summed E-state index contributed by atoms with van der Waals surface area (Å²) in [5.74, 6) is 0.540. The quantitative estimate of drug-likeness (QED) is 0.748. The summed E-state index contributed by atoms with van der Waals surface area (Å²) in [6, 6.07) is 8.67. The molecule has 0 amide bonds. The highest BCUT2D eigenvalue weighted by atomic mass is 32.2. The van der Waals surface area contributed by atoms with Crippen LogP contribution in [0.4, 0.5) is 0 Å². The molecule has 0 saturated heterocycles. The van der Waals surface area contributed by atoms with Gasteiger partial charge in [-0.15, -0.1) is 0 Å². The minimum absolute atomic E-state index is 0.0174. The minimum atomic E-state index is -3.77.